The van der Waals surface area contributed by atoms with E-state index in [1.807, 2.05) is 35.0 Å². The molecule has 0 radical (unpaired) electrons. The molecule has 0 saturated heterocycles. The van der Waals surface area contributed by atoms with Crippen LogP contribution in [0.25, 0.3) is 10.9 Å². The van der Waals surface area contributed by atoms with Crippen LogP contribution in [0.1, 0.15) is 42.5 Å². The molecule has 1 saturated carbocycles. The lowest BCUT2D eigenvalue weighted by molar-refractivity contribution is -0.138. The highest BCUT2D eigenvalue weighted by atomic mass is 16.5. The van der Waals surface area contributed by atoms with Crippen LogP contribution in [0.5, 0.6) is 0 Å². The van der Waals surface area contributed by atoms with Crippen LogP contribution < -0.4 is 5.32 Å². The fourth-order valence-corrected chi connectivity index (χ4v) is 3.80. The molecule has 1 heterocycles. The summed E-state index contributed by atoms with van der Waals surface area (Å²) in [4.78, 5) is 24.2. The number of amides is 1. The first-order valence-electron chi connectivity index (χ1n) is 8.66. The predicted octanol–water partition coefficient (Wildman–Crippen LogP) is 2.81. The average Bonchev–Trinajstić information content (AvgIpc) is 3.17. The summed E-state index contributed by atoms with van der Waals surface area (Å²) < 4.78 is 7.15. The summed E-state index contributed by atoms with van der Waals surface area (Å²) in [6, 6.07) is 7.75. The van der Waals surface area contributed by atoms with E-state index in [0.717, 1.165) is 23.7 Å². The first-order chi connectivity index (χ1) is 12.0. The molecule has 0 bridgehead atoms. The number of carboxylic acid groups (broad SMARTS) is 1. The molecular weight excluding hydrogens is 320 g/mol. The van der Waals surface area contributed by atoms with Gasteiger partial charge in [-0.3, -0.25) is 9.59 Å². The molecule has 1 aliphatic carbocycles. The Morgan fingerprint density at radius 2 is 2.00 bits per heavy atom. The number of benzene rings is 1. The molecule has 0 atom stereocenters. The monoisotopic (exact) mass is 344 g/mol. The van der Waals surface area contributed by atoms with Crippen molar-refractivity contribution in [2.24, 2.45) is 0 Å². The Hall–Kier alpha value is -2.34. The second kappa shape index (κ2) is 7.27. The Morgan fingerprint density at radius 1 is 1.28 bits per heavy atom. The molecule has 1 fully saturated rings. The van der Waals surface area contributed by atoms with Crippen molar-refractivity contribution in [3.8, 4) is 0 Å². The Morgan fingerprint density at radius 3 is 2.68 bits per heavy atom. The minimum Gasteiger partial charge on any atom is -0.481 e. The zero-order chi connectivity index (χ0) is 17.9. The van der Waals surface area contributed by atoms with Crippen molar-refractivity contribution in [3.63, 3.8) is 0 Å². The number of hydrogen-bond acceptors (Lipinski definition) is 3. The van der Waals surface area contributed by atoms with E-state index in [0.29, 0.717) is 31.6 Å². The molecule has 25 heavy (non-hydrogen) atoms. The average molecular weight is 344 g/mol. The highest BCUT2D eigenvalue weighted by Gasteiger charge is 2.38. The van der Waals surface area contributed by atoms with Crippen LogP contribution in [0.3, 0.4) is 0 Å². The fourth-order valence-electron chi connectivity index (χ4n) is 3.80. The lowest BCUT2D eigenvalue weighted by Gasteiger charge is -2.28. The van der Waals surface area contributed by atoms with E-state index in [-0.39, 0.29) is 12.3 Å². The van der Waals surface area contributed by atoms with Gasteiger partial charge in [0.1, 0.15) is 0 Å². The largest absolute Gasteiger partial charge is 0.481 e. The molecule has 3 rings (SSSR count). The Balaban J connectivity index is 1.90. The summed E-state index contributed by atoms with van der Waals surface area (Å²) in [5, 5.41) is 13.1. The molecule has 6 nitrogen and oxygen atoms in total. The van der Waals surface area contributed by atoms with Gasteiger partial charge in [-0.15, -0.1) is 0 Å². The SMILES string of the molecule is COCCn1cc(C(=O)NC2(CC(=O)O)CCCC2)c2ccccc21. The number of methoxy groups -OCH3 is 1. The zero-order valence-electron chi connectivity index (χ0n) is 14.5. The predicted molar refractivity (Wildman–Crippen MR) is 94.7 cm³/mol. The van der Waals surface area contributed by atoms with Crippen LogP contribution in [0.4, 0.5) is 0 Å². The van der Waals surface area contributed by atoms with Crippen LogP contribution in [0, 0.1) is 0 Å². The molecule has 134 valence electrons. The number of aromatic nitrogens is 1. The first kappa shape index (κ1) is 17.5. The maximum Gasteiger partial charge on any atom is 0.305 e. The van der Waals surface area contributed by atoms with Gasteiger partial charge in [0.15, 0.2) is 0 Å². The van der Waals surface area contributed by atoms with E-state index in [9.17, 15) is 14.7 Å². The molecule has 6 heteroatoms. The number of hydrogen-bond donors (Lipinski definition) is 2. The fraction of sp³-hybridized carbons (Fsp3) is 0.474. The molecular formula is C19H24N2O4. The Labute approximate surface area is 146 Å². The lowest BCUT2D eigenvalue weighted by Crippen LogP contribution is -2.47. The highest BCUT2D eigenvalue weighted by molar-refractivity contribution is 6.07. The number of ether oxygens (including phenoxy) is 1. The molecule has 2 N–H and O–H groups in total. The molecule has 1 amide bonds. The number of carboxylic acids is 1. The minimum absolute atomic E-state index is 0.0267. The van der Waals surface area contributed by atoms with E-state index < -0.39 is 11.5 Å². The minimum atomic E-state index is -0.871. The molecule has 1 aromatic carbocycles. The van der Waals surface area contributed by atoms with Gasteiger partial charge in [0.2, 0.25) is 0 Å². The van der Waals surface area contributed by atoms with Gasteiger partial charge in [0.05, 0.1) is 24.1 Å². The van der Waals surface area contributed by atoms with Crippen molar-refractivity contribution >= 4 is 22.8 Å². The van der Waals surface area contributed by atoms with E-state index in [4.69, 9.17) is 4.74 Å². The van der Waals surface area contributed by atoms with Gasteiger partial charge in [-0.2, -0.15) is 0 Å². The van der Waals surface area contributed by atoms with E-state index in [1.54, 1.807) is 7.11 Å². The standard InChI is InChI=1S/C19H24N2O4/c1-25-11-10-21-13-15(14-6-2-3-7-16(14)21)18(24)20-19(12-17(22)23)8-4-5-9-19/h2-3,6-7,13H,4-5,8-12H2,1H3,(H,20,24)(H,22,23). The molecule has 0 aliphatic heterocycles. The number of carbonyl (C=O) groups excluding carboxylic acids is 1. The number of nitrogens with zero attached hydrogens (tertiary/aromatic N) is 1. The summed E-state index contributed by atoms with van der Waals surface area (Å²) in [5.41, 5.74) is 0.935. The van der Waals surface area contributed by atoms with Gasteiger partial charge in [-0.1, -0.05) is 31.0 Å². The normalized spacial score (nSPS) is 16.2. The zero-order valence-corrected chi connectivity index (χ0v) is 14.5. The van der Waals surface area contributed by atoms with Gasteiger partial charge in [0.25, 0.3) is 5.91 Å². The van der Waals surface area contributed by atoms with Gasteiger partial charge in [-0.25, -0.2) is 0 Å². The number of fused-ring (bicyclic) bond motifs is 1. The van der Waals surface area contributed by atoms with Gasteiger partial charge in [-0.05, 0) is 18.9 Å². The van der Waals surface area contributed by atoms with Crippen LogP contribution >= 0.6 is 0 Å². The number of carbonyl (C=O) groups is 2. The van der Waals surface area contributed by atoms with Crippen LogP contribution in [-0.2, 0) is 16.1 Å². The topological polar surface area (TPSA) is 80.6 Å². The van der Waals surface area contributed by atoms with E-state index in [1.165, 1.54) is 0 Å². The van der Waals surface area contributed by atoms with E-state index >= 15 is 0 Å². The maximum absolute atomic E-state index is 12.9. The lowest BCUT2D eigenvalue weighted by atomic mass is 9.92. The van der Waals surface area contributed by atoms with Gasteiger partial charge < -0.3 is 19.7 Å². The van der Waals surface area contributed by atoms with Gasteiger partial charge >= 0.3 is 5.97 Å². The van der Waals surface area contributed by atoms with Crippen molar-refractivity contribution in [3.05, 3.63) is 36.0 Å². The third-order valence-electron chi connectivity index (χ3n) is 5.00. The molecule has 2 aromatic rings. The smallest absolute Gasteiger partial charge is 0.305 e. The van der Waals surface area contributed by atoms with Crippen molar-refractivity contribution in [1.82, 2.24) is 9.88 Å². The van der Waals surface area contributed by atoms with Crippen molar-refractivity contribution in [2.45, 2.75) is 44.2 Å². The number of rotatable bonds is 7. The third kappa shape index (κ3) is 3.69. The maximum atomic E-state index is 12.9. The van der Waals surface area contributed by atoms with Gasteiger partial charge in [0, 0.05) is 30.8 Å². The Bertz CT molecular complexity index is 775. The van der Waals surface area contributed by atoms with Crippen LogP contribution in [-0.4, -0.2) is 40.8 Å². The summed E-state index contributed by atoms with van der Waals surface area (Å²) in [6.45, 7) is 1.22. The molecule has 1 aliphatic rings. The number of aliphatic carboxylic acids is 1. The summed E-state index contributed by atoms with van der Waals surface area (Å²) >= 11 is 0. The van der Waals surface area contributed by atoms with Crippen LogP contribution in [0.2, 0.25) is 0 Å². The molecule has 0 unspecified atom stereocenters. The quantitative estimate of drug-likeness (QED) is 0.809. The summed E-state index contributed by atoms with van der Waals surface area (Å²) in [6.07, 6.45) is 5.14. The second-order valence-corrected chi connectivity index (χ2v) is 6.76. The molecule has 0 spiro atoms. The summed E-state index contributed by atoms with van der Waals surface area (Å²) in [7, 11) is 1.65. The third-order valence-corrected chi connectivity index (χ3v) is 5.00. The number of nitrogens with one attached hydrogen (secondary N) is 1. The first-order valence-corrected chi connectivity index (χ1v) is 8.66. The second-order valence-electron chi connectivity index (χ2n) is 6.76. The number of para-hydroxylation sites is 1. The Kier molecular flexibility index (Phi) is 5.08. The van der Waals surface area contributed by atoms with Crippen molar-refractivity contribution in [2.75, 3.05) is 13.7 Å². The van der Waals surface area contributed by atoms with Crippen LogP contribution in [0.15, 0.2) is 30.5 Å². The highest BCUT2D eigenvalue weighted by Crippen LogP contribution is 2.33. The van der Waals surface area contributed by atoms with Crippen molar-refractivity contribution in [1.29, 1.82) is 0 Å². The summed E-state index contributed by atoms with van der Waals surface area (Å²) in [5.74, 6) is -1.07. The van der Waals surface area contributed by atoms with Crippen molar-refractivity contribution < 1.29 is 19.4 Å². The van der Waals surface area contributed by atoms with E-state index in [2.05, 4.69) is 5.32 Å². The molecule has 1 aromatic heterocycles.